The molecular weight excluding hydrogens is 210 g/mol. The second-order valence-electron chi connectivity index (χ2n) is 3.19. The first-order valence-electron chi connectivity index (χ1n) is 5.08. The van der Waals surface area contributed by atoms with Gasteiger partial charge in [0, 0.05) is 7.05 Å². The number of carbonyl (C=O) groups is 2. The maximum absolute atomic E-state index is 11.2. The molecule has 0 saturated carbocycles. The Morgan fingerprint density at radius 2 is 2.06 bits per heavy atom. The van der Waals surface area contributed by atoms with E-state index in [1.165, 1.54) is 7.05 Å². The van der Waals surface area contributed by atoms with Crippen LogP contribution in [-0.4, -0.2) is 43.8 Å². The number of esters is 1. The molecule has 0 N–H and O–H groups in total. The summed E-state index contributed by atoms with van der Waals surface area (Å²) in [6, 6.07) is 0. The topological polar surface area (TPSA) is 55.8 Å². The number of rotatable bonds is 6. The quantitative estimate of drug-likeness (QED) is 0.386. The summed E-state index contributed by atoms with van der Waals surface area (Å²) in [5.41, 5.74) is 0. The number of hydrogen-bond acceptors (Lipinski definition) is 4. The Labute approximate surface area is 95.7 Å². The molecule has 90 valence electrons. The van der Waals surface area contributed by atoms with Crippen LogP contribution in [0.5, 0.6) is 0 Å². The van der Waals surface area contributed by atoms with E-state index in [9.17, 15) is 9.59 Å². The Kier molecular flexibility index (Phi) is 7.68. The van der Waals surface area contributed by atoms with Gasteiger partial charge in [-0.05, 0) is 6.42 Å². The molecule has 0 heterocycles. The van der Waals surface area contributed by atoms with Gasteiger partial charge in [-0.1, -0.05) is 19.3 Å². The zero-order valence-corrected chi connectivity index (χ0v) is 9.69. The highest BCUT2D eigenvalue weighted by atomic mass is 16.6. The van der Waals surface area contributed by atoms with E-state index in [1.807, 2.05) is 6.92 Å². The van der Waals surface area contributed by atoms with E-state index in [2.05, 4.69) is 10.7 Å². The zero-order valence-electron chi connectivity index (χ0n) is 9.69. The Morgan fingerprint density at radius 3 is 2.62 bits per heavy atom. The van der Waals surface area contributed by atoms with Gasteiger partial charge in [-0.15, -0.1) is 6.42 Å². The maximum atomic E-state index is 11.2. The van der Waals surface area contributed by atoms with Crippen LogP contribution >= 0.6 is 0 Å². The fraction of sp³-hybridized carbons (Fsp3) is 0.636. The van der Waals surface area contributed by atoms with E-state index < -0.39 is 12.1 Å². The SMILES string of the molecule is C#CCOC(=O)N(C)CC(=O)OCCCC. The molecule has 5 nitrogen and oxygen atoms in total. The van der Waals surface area contributed by atoms with E-state index in [-0.39, 0.29) is 13.2 Å². The highest BCUT2D eigenvalue weighted by Gasteiger charge is 2.14. The second kappa shape index (κ2) is 8.60. The summed E-state index contributed by atoms with van der Waals surface area (Å²) in [4.78, 5) is 23.5. The normalized spacial score (nSPS) is 9.06. The number of nitrogens with zero attached hydrogens (tertiary/aromatic N) is 1. The van der Waals surface area contributed by atoms with Gasteiger partial charge in [0.2, 0.25) is 0 Å². The summed E-state index contributed by atoms with van der Waals surface area (Å²) < 4.78 is 9.50. The highest BCUT2D eigenvalue weighted by Crippen LogP contribution is 1.93. The standard InChI is InChI=1S/C11H17NO4/c1-4-6-8-15-10(13)9-12(3)11(14)16-7-5-2/h2H,4,6-9H2,1,3H3. The van der Waals surface area contributed by atoms with Gasteiger partial charge in [-0.25, -0.2) is 4.79 Å². The molecule has 0 aliphatic rings. The number of terminal acetylenes is 1. The van der Waals surface area contributed by atoms with Crippen LogP contribution in [-0.2, 0) is 14.3 Å². The van der Waals surface area contributed by atoms with Crippen molar-refractivity contribution >= 4 is 12.1 Å². The van der Waals surface area contributed by atoms with Crippen LogP contribution in [0.2, 0.25) is 0 Å². The minimum atomic E-state index is -0.634. The van der Waals surface area contributed by atoms with Crippen molar-refractivity contribution in [3.8, 4) is 12.3 Å². The third kappa shape index (κ3) is 6.71. The molecule has 0 radical (unpaired) electrons. The molecule has 0 atom stereocenters. The summed E-state index contributed by atoms with van der Waals surface area (Å²) in [6.45, 7) is 2.14. The van der Waals surface area contributed by atoms with Crippen molar-refractivity contribution in [1.29, 1.82) is 0 Å². The molecule has 0 unspecified atom stereocenters. The number of unbranched alkanes of at least 4 members (excludes halogenated alkanes) is 1. The van der Waals surface area contributed by atoms with Crippen molar-refractivity contribution in [3.05, 3.63) is 0 Å². The average molecular weight is 227 g/mol. The van der Waals surface area contributed by atoms with Gasteiger partial charge in [-0.2, -0.15) is 0 Å². The smallest absolute Gasteiger partial charge is 0.410 e. The molecular formula is C11H17NO4. The minimum Gasteiger partial charge on any atom is -0.464 e. The molecule has 0 rings (SSSR count). The van der Waals surface area contributed by atoms with Crippen molar-refractivity contribution in [2.24, 2.45) is 0 Å². The summed E-state index contributed by atoms with van der Waals surface area (Å²) in [5.74, 6) is 1.71. The first kappa shape index (κ1) is 14.3. The first-order valence-corrected chi connectivity index (χ1v) is 5.08. The van der Waals surface area contributed by atoms with E-state index in [0.29, 0.717) is 6.61 Å². The lowest BCUT2D eigenvalue weighted by Gasteiger charge is -2.14. The molecule has 0 aromatic carbocycles. The third-order valence-corrected chi connectivity index (χ3v) is 1.72. The fourth-order valence-electron chi connectivity index (χ4n) is 0.848. The fourth-order valence-corrected chi connectivity index (χ4v) is 0.848. The van der Waals surface area contributed by atoms with Gasteiger partial charge in [0.05, 0.1) is 6.61 Å². The van der Waals surface area contributed by atoms with Gasteiger partial charge in [-0.3, -0.25) is 4.79 Å². The average Bonchev–Trinajstić information content (AvgIpc) is 2.26. The Balaban J connectivity index is 3.77. The lowest BCUT2D eigenvalue weighted by atomic mass is 10.4. The molecule has 16 heavy (non-hydrogen) atoms. The van der Waals surface area contributed by atoms with Crippen LogP contribution in [0.15, 0.2) is 0 Å². The molecule has 1 amide bonds. The van der Waals surface area contributed by atoms with Gasteiger partial charge in [0.25, 0.3) is 0 Å². The summed E-state index contributed by atoms with van der Waals surface area (Å²) >= 11 is 0. The van der Waals surface area contributed by atoms with Gasteiger partial charge in [0.1, 0.15) is 6.54 Å². The van der Waals surface area contributed by atoms with E-state index in [0.717, 1.165) is 17.7 Å². The van der Waals surface area contributed by atoms with Crippen LogP contribution in [0.3, 0.4) is 0 Å². The predicted molar refractivity (Wildman–Crippen MR) is 58.7 cm³/mol. The summed E-state index contributed by atoms with van der Waals surface area (Å²) in [6.07, 6.45) is 6.06. The van der Waals surface area contributed by atoms with Crippen molar-refractivity contribution < 1.29 is 19.1 Å². The Hall–Kier alpha value is -1.70. The first-order chi connectivity index (χ1) is 7.61. The molecule has 5 heteroatoms. The maximum Gasteiger partial charge on any atom is 0.410 e. The zero-order chi connectivity index (χ0) is 12.4. The number of likely N-dealkylation sites (N-methyl/N-ethyl adjacent to an activating group) is 1. The molecule has 0 saturated heterocycles. The van der Waals surface area contributed by atoms with Crippen molar-refractivity contribution in [2.75, 3.05) is 26.8 Å². The molecule has 0 aromatic rings. The summed E-state index contributed by atoms with van der Waals surface area (Å²) in [5, 5.41) is 0. The van der Waals surface area contributed by atoms with Gasteiger partial charge in [0.15, 0.2) is 6.61 Å². The number of amides is 1. The molecule has 0 fully saturated rings. The summed E-state index contributed by atoms with van der Waals surface area (Å²) in [7, 11) is 1.44. The Bertz CT molecular complexity index is 270. The number of ether oxygens (including phenoxy) is 2. The molecule has 0 spiro atoms. The van der Waals surface area contributed by atoms with E-state index in [1.54, 1.807) is 0 Å². The lowest BCUT2D eigenvalue weighted by molar-refractivity contribution is -0.144. The number of carbonyl (C=O) groups excluding carboxylic acids is 2. The molecule has 0 bridgehead atoms. The molecule has 0 aromatic heterocycles. The molecule has 0 aliphatic carbocycles. The van der Waals surface area contributed by atoms with Crippen LogP contribution in [0, 0.1) is 12.3 Å². The monoisotopic (exact) mass is 227 g/mol. The van der Waals surface area contributed by atoms with E-state index >= 15 is 0 Å². The van der Waals surface area contributed by atoms with Crippen LogP contribution in [0.25, 0.3) is 0 Å². The van der Waals surface area contributed by atoms with Crippen molar-refractivity contribution in [3.63, 3.8) is 0 Å². The van der Waals surface area contributed by atoms with Crippen molar-refractivity contribution in [2.45, 2.75) is 19.8 Å². The highest BCUT2D eigenvalue weighted by molar-refractivity contribution is 5.77. The van der Waals surface area contributed by atoms with Crippen molar-refractivity contribution in [1.82, 2.24) is 4.90 Å². The van der Waals surface area contributed by atoms with Gasteiger partial charge >= 0.3 is 12.1 Å². The third-order valence-electron chi connectivity index (χ3n) is 1.72. The second-order valence-corrected chi connectivity index (χ2v) is 3.19. The number of hydrogen-bond donors (Lipinski definition) is 0. The molecule has 0 aliphatic heterocycles. The van der Waals surface area contributed by atoms with Crippen LogP contribution < -0.4 is 0 Å². The Morgan fingerprint density at radius 1 is 1.38 bits per heavy atom. The lowest BCUT2D eigenvalue weighted by Crippen LogP contribution is -2.33. The largest absolute Gasteiger partial charge is 0.464 e. The van der Waals surface area contributed by atoms with E-state index in [4.69, 9.17) is 11.2 Å². The van der Waals surface area contributed by atoms with Crippen LogP contribution in [0.1, 0.15) is 19.8 Å². The minimum absolute atomic E-state index is 0.103. The predicted octanol–water partition coefficient (Wildman–Crippen LogP) is 1.03. The van der Waals surface area contributed by atoms with Crippen LogP contribution in [0.4, 0.5) is 4.79 Å². The van der Waals surface area contributed by atoms with Gasteiger partial charge < -0.3 is 14.4 Å².